The van der Waals surface area contributed by atoms with E-state index in [0.29, 0.717) is 28.5 Å². The zero-order chi connectivity index (χ0) is 16.7. The highest BCUT2D eigenvalue weighted by Crippen LogP contribution is 2.33. The number of amides is 1. The average molecular weight is 324 g/mol. The third-order valence-electron chi connectivity index (χ3n) is 3.82. The molecule has 2 aliphatic rings. The lowest BCUT2D eigenvalue weighted by Gasteiger charge is -2.11. The van der Waals surface area contributed by atoms with Crippen LogP contribution in [0.15, 0.2) is 53.1 Å². The van der Waals surface area contributed by atoms with Gasteiger partial charge in [0.1, 0.15) is 5.82 Å². The van der Waals surface area contributed by atoms with E-state index in [-0.39, 0.29) is 12.7 Å². The third-order valence-corrected chi connectivity index (χ3v) is 3.82. The summed E-state index contributed by atoms with van der Waals surface area (Å²) in [5.41, 5.74) is 2.23. The van der Waals surface area contributed by atoms with Crippen molar-refractivity contribution in [3.63, 3.8) is 0 Å². The van der Waals surface area contributed by atoms with Gasteiger partial charge >= 0.3 is 0 Å². The Hall–Kier alpha value is -3.15. The quantitative estimate of drug-likeness (QED) is 0.796. The molecule has 0 radical (unpaired) electrons. The van der Waals surface area contributed by atoms with E-state index in [1.165, 1.54) is 17.1 Å². The number of hydrogen-bond donors (Lipinski definition) is 0. The number of ether oxygens (including phenoxy) is 2. The number of rotatable bonds is 2. The average Bonchev–Trinajstić information content (AvgIpc) is 3.14. The first-order valence-electron chi connectivity index (χ1n) is 7.39. The molecule has 0 aliphatic carbocycles. The highest BCUT2D eigenvalue weighted by Gasteiger charge is 2.29. The molecule has 2 heterocycles. The number of hydrazone groups is 1. The highest BCUT2D eigenvalue weighted by atomic mass is 19.1. The fourth-order valence-electron chi connectivity index (χ4n) is 2.64. The SMILES string of the molecule is CC1=NN(c2cccc(F)c2)C(=O)/C1=C/c1ccc2c(c1)OCO2. The molecule has 1 amide bonds. The van der Waals surface area contributed by atoms with Crippen molar-refractivity contribution in [2.24, 2.45) is 5.10 Å². The molecule has 0 spiro atoms. The lowest BCUT2D eigenvalue weighted by molar-refractivity contribution is -0.114. The molecular formula is C18H13FN2O3. The van der Waals surface area contributed by atoms with Crippen molar-refractivity contribution in [3.8, 4) is 11.5 Å². The first kappa shape index (κ1) is 14.4. The molecule has 0 saturated carbocycles. The Morgan fingerprint density at radius 1 is 1.17 bits per heavy atom. The van der Waals surface area contributed by atoms with E-state index < -0.39 is 5.82 Å². The Morgan fingerprint density at radius 2 is 2.00 bits per heavy atom. The van der Waals surface area contributed by atoms with Gasteiger partial charge in [0.15, 0.2) is 11.5 Å². The lowest BCUT2D eigenvalue weighted by atomic mass is 10.1. The van der Waals surface area contributed by atoms with Crippen LogP contribution in [0.3, 0.4) is 0 Å². The molecule has 0 N–H and O–H groups in total. The minimum atomic E-state index is -0.415. The monoisotopic (exact) mass is 324 g/mol. The summed E-state index contributed by atoms with van der Waals surface area (Å²) in [4.78, 5) is 12.6. The van der Waals surface area contributed by atoms with Gasteiger partial charge in [0, 0.05) is 0 Å². The van der Waals surface area contributed by atoms with Gasteiger partial charge in [-0.05, 0) is 48.9 Å². The van der Waals surface area contributed by atoms with E-state index in [1.54, 1.807) is 37.3 Å². The van der Waals surface area contributed by atoms with E-state index in [4.69, 9.17) is 9.47 Å². The van der Waals surface area contributed by atoms with Gasteiger partial charge in [-0.3, -0.25) is 4.79 Å². The smallest absolute Gasteiger partial charge is 0.280 e. The van der Waals surface area contributed by atoms with Gasteiger partial charge in [-0.15, -0.1) is 0 Å². The topological polar surface area (TPSA) is 51.1 Å². The number of nitrogens with zero attached hydrogens (tertiary/aromatic N) is 2. The van der Waals surface area contributed by atoms with E-state index in [0.717, 1.165) is 5.56 Å². The molecule has 0 atom stereocenters. The molecule has 120 valence electrons. The van der Waals surface area contributed by atoms with E-state index >= 15 is 0 Å². The van der Waals surface area contributed by atoms with Crippen molar-refractivity contribution in [1.29, 1.82) is 0 Å². The van der Waals surface area contributed by atoms with Crippen LogP contribution in [-0.4, -0.2) is 18.4 Å². The summed E-state index contributed by atoms with van der Waals surface area (Å²) in [6, 6.07) is 11.2. The zero-order valence-corrected chi connectivity index (χ0v) is 12.8. The van der Waals surface area contributed by atoms with Crippen LogP contribution in [0.5, 0.6) is 11.5 Å². The predicted octanol–water partition coefficient (Wildman–Crippen LogP) is 3.36. The molecule has 6 heteroatoms. The normalized spacial score (nSPS) is 17.6. The third kappa shape index (κ3) is 2.42. The Bertz CT molecular complexity index is 905. The summed E-state index contributed by atoms with van der Waals surface area (Å²) in [6.07, 6.45) is 1.74. The van der Waals surface area contributed by atoms with E-state index in [2.05, 4.69) is 5.10 Å². The first-order chi connectivity index (χ1) is 11.6. The van der Waals surface area contributed by atoms with Gasteiger partial charge in [0.25, 0.3) is 5.91 Å². The molecule has 4 rings (SSSR count). The number of anilines is 1. The zero-order valence-electron chi connectivity index (χ0n) is 12.8. The molecule has 0 fully saturated rings. The molecule has 0 unspecified atom stereocenters. The van der Waals surface area contributed by atoms with Gasteiger partial charge in [0.05, 0.1) is 17.0 Å². The second kappa shape index (κ2) is 5.49. The maximum atomic E-state index is 13.4. The number of hydrogen-bond acceptors (Lipinski definition) is 4. The summed E-state index contributed by atoms with van der Waals surface area (Å²) >= 11 is 0. The number of halogens is 1. The van der Waals surface area contributed by atoms with Crippen molar-refractivity contribution in [2.45, 2.75) is 6.92 Å². The van der Waals surface area contributed by atoms with Crippen molar-refractivity contribution in [2.75, 3.05) is 11.8 Å². The molecule has 0 aromatic heterocycles. The van der Waals surface area contributed by atoms with Crippen LogP contribution in [0, 0.1) is 5.82 Å². The van der Waals surface area contributed by atoms with Crippen LogP contribution in [0.1, 0.15) is 12.5 Å². The van der Waals surface area contributed by atoms with E-state index in [9.17, 15) is 9.18 Å². The molecule has 5 nitrogen and oxygen atoms in total. The van der Waals surface area contributed by atoms with Crippen LogP contribution in [-0.2, 0) is 4.79 Å². The first-order valence-corrected chi connectivity index (χ1v) is 7.39. The lowest BCUT2D eigenvalue weighted by Crippen LogP contribution is -2.21. The maximum absolute atomic E-state index is 13.4. The van der Waals surface area contributed by atoms with Gasteiger partial charge in [-0.1, -0.05) is 12.1 Å². The second-order valence-electron chi connectivity index (χ2n) is 5.45. The fraction of sp³-hybridized carbons (Fsp3) is 0.111. The van der Waals surface area contributed by atoms with Crippen molar-refractivity contribution in [1.82, 2.24) is 0 Å². The molecular weight excluding hydrogens is 311 g/mol. The fourth-order valence-corrected chi connectivity index (χ4v) is 2.64. The minimum Gasteiger partial charge on any atom is -0.454 e. The van der Waals surface area contributed by atoms with Gasteiger partial charge in [-0.2, -0.15) is 10.1 Å². The second-order valence-corrected chi connectivity index (χ2v) is 5.45. The Kier molecular flexibility index (Phi) is 3.30. The minimum absolute atomic E-state index is 0.197. The predicted molar refractivity (Wildman–Crippen MR) is 87.5 cm³/mol. The van der Waals surface area contributed by atoms with Gasteiger partial charge < -0.3 is 9.47 Å². The van der Waals surface area contributed by atoms with Gasteiger partial charge in [-0.25, -0.2) is 4.39 Å². The van der Waals surface area contributed by atoms with E-state index in [1.807, 2.05) is 6.07 Å². The van der Waals surface area contributed by atoms with Crippen LogP contribution in [0.25, 0.3) is 6.08 Å². The van der Waals surface area contributed by atoms with Gasteiger partial charge in [0.2, 0.25) is 6.79 Å². The Morgan fingerprint density at radius 3 is 2.83 bits per heavy atom. The summed E-state index contributed by atoms with van der Waals surface area (Å²) in [5, 5.41) is 5.45. The largest absolute Gasteiger partial charge is 0.454 e. The van der Waals surface area contributed by atoms with Crippen LogP contribution in [0.2, 0.25) is 0 Å². The van der Waals surface area contributed by atoms with Crippen LogP contribution < -0.4 is 14.5 Å². The maximum Gasteiger partial charge on any atom is 0.280 e. The molecule has 2 aromatic carbocycles. The number of carbonyl (C=O) groups excluding carboxylic acids is 1. The molecule has 2 aliphatic heterocycles. The van der Waals surface area contributed by atoms with Crippen molar-refractivity contribution >= 4 is 23.4 Å². The number of benzene rings is 2. The highest BCUT2D eigenvalue weighted by molar-refractivity contribution is 6.32. The number of carbonyl (C=O) groups is 1. The standard InChI is InChI=1S/C18H13FN2O3/c1-11-15(7-12-5-6-16-17(8-12)24-10-23-16)18(22)21(20-11)14-4-2-3-13(19)9-14/h2-9H,10H2,1H3/b15-7+. The van der Waals surface area contributed by atoms with Crippen molar-refractivity contribution < 1.29 is 18.7 Å². The molecule has 0 saturated heterocycles. The van der Waals surface area contributed by atoms with Crippen molar-refractivity contribution in [3.05, 3.63) is 59.4 Å². The number of fused-ring (bicyclic) bond motifs is 1. The molecule has 2 aromatic rings. The summed E-state index contributed by atoms with van der Waals surface area (Å²) < 4.78 is 24.0. The summed E-state index contributed by atoms with van der Waals surface area (Å²) in [7, 11) is 0. The van der Waals surface area contributed by atoms with Crippen LogP contribution >= 0.6 is 0 Å². The summed E-state index contributed by atoms with van der Waals surface area (Å²) in [5.74, 6) is 0.616. The molecule has 0 bridgehead atoms. The van der Waals surface area contributed by atoms with Crippen LogP contribution in [0.4, 0.5) is 10.1 Å². The summed E-state index contributed by atoms with van der Waals surface area (Å²) in [6.45, 7) is 1.94. The Balaban J connectivity index is 1.67. The molecule has 24 heavy (non-hydrogen) atoms. The Labute approximate surface area is 137 Å².